The Bertz CT molecular complexity index is 1890. The number of amides is 1. The normalized spacial score (nSPS) is 24.4. The van der Waals surface area contributed by atoms with Crippen molar-refractivity contribution in [3.63, 3.8) is 0 Å². The van der Waals surface area contributed by atoms with Gasteiger partial charge in [0.15, 0.2) is 12.6 Å². The summed E-state index contributed by atoms with van der Waals surface area (Å²) >= 11 is 0. The summed E-state index contributed by atoms with van der Waals surface area (Å²) in [5.41, 5.74) is 0. The Kier molecular flexibility index (Phi) is 49.7. The largest absolute Gasteiger partial charge is 0.394 e. The third kappa shape index (κ3) is 39.1. The van der Waals surface area contributed by atoms with Gasteiger partial charge in [-0.2, -0.15) is 0 Å². The molecule has 2 fully saturated rings. The van der Waals surface area contributed by atoms with Crippen molar-refractivity contribution in [3.8, 4) is 0 Å². The molecule has 0 saturated carbocycles. The van der Waals surface area contributed by atoms with E-state index in [0.29, 0.717) is 12.8 Å². The Hall–Kier alpha value is -3.61. The quantitative estimate of drug-likeness (QED) is 0.0204. The number of hydrogen-bond donors (Lipinski definition) is 9. The molecule has 14 nitrogen and oxygen atoms in total. The molecule has 2 saturated heterocycles. The lowest BCUT2D eigenvalue weighted by Crippen LogP contribution is -2.65. The van der Waals surface area contributed by atoms with Crippen LogP contribution in [0.3, 0.4) is 0 Å². The van der Waals surface area contributed by atoms with Crippen LogP contribution < -0.4 is 5.32 Å². The van der Waals surface area contributed by atoms with Gasteiger partial charge in [0.25, 0.3) is 0 Å². The van der Waals surface area contributed by atoms with Crippen LogP contribution in [-0.2, 0) is 23.7 Å². The van der Waals surface area contributed by atoms with E-state index in [1.54, 1.807) is 0 Å². The molecule has 0 aromatic carbocycles. The van der Waals surface area contributed by atoms with E-state index >= 15 is 0 Å². The molecule has 0 radical (unpaired) electrons. The number of rotatable bonds is 52. The summed E-state index contributed by atoms with van der Waals surface area (Å²) in [4.78, 5) is 13.3. The Balaban J connectivity index is 1.72. The number of aliphatic hydroxyl groups is 8. The van der Waals surface area contributed by atoms with E-state index in [1.165, 1.54) is 89.9 Å². The molecule has 2 aliphatic heterocycles. The second-order valence-corrected chi connectivity index (χ2v) is 22.9. The summed E-state index contributed by atoms with van der Waals surface area (Å²) in [6.07, 6.45) is 62.0. The molecule has 0 spiro atoms. The minimum absolute atomic E-state index is 0.241. The van der Waals surface area contributed by atoms with Gasteiger partial charge in [0.2, 0.25) is 5.91 Å². The second-order valence-electron chi connectivity index (χ2n) is 22.9. The minimum atomic E-state index is -1.79. The Labute approximate surface area is 514 Å². The van der Waals surface area contributed by atoms with Gasteiger partial charge in [-0.15, -0.1) is 0 Å². The Morgan fingerprint density at radius 1 is 0.435 bits per heavy atom. The van der Waals surface area contributed by atoms with Gasteiger partial charge in [0, 0.05) is 6.42 Å². The van der Waals surface area contributed by atoms with Crippen molar-refractivity contribution in [2.24, 2.45) is 0 Å². The van der Waals surface area contributed by atoms with Crippen molar-refractivity contribution in [1.29, 1.82) is 0 Å². The van der Waals surface area contributed by atoms with Crippen molar-refractivity contribution in [2.75, 3.05) is 19.8 Å². The van der Waals surface area contributed by atoms with E-state index in [2.05, 4.69) is 141 Å². The summed E-state index contributed by atoms with van der Waals surface area (Å²) in [5, 5.41) is 87.4. The maximum absolute atomic E-state index is 13.3. The third-order valence-electron chi connectivity index (χ3n) is 15.4. The molecule has 85 heavy (non-hydrogen) atoms. The standard InChI is InChI=1S/C71H119NO13/c1-3-5-7-9-11-13-15-17-19-21-23-24-25-26-27-28-29-30-31-32-33-34-35-36-37-39-41-43-45-47-49-51-53-55-63(76)72-59(60(75)54-52-50-48-46-44-42-40-38-22-20-18-16-14-12-10-8-6-4-2)58-82-70-68(81)66(79)69(62(57-74)84-70)85-71-67(80)65(78)64(77)61(56-73)83-71/h5,7,11,13,17,19,23-24,26-27,29-30,32-33,35-36,39,41,45,47,59-62,64-71,73-75,77-81H,3-4,6,8-10,12,14-16,18,20-22,25,28,31,34,37-38,40,42-44,46,48-58H2,1-2H3,(H,72,76)/b7-5-,13-11-,19-17-,24-23-,27-26-,30-29-,33-32-,36-35-,41-39-,47-45-. The smallest absolute Gasteiger partial charge is 0.220 e. The number of ether oxygens (including phenoxy) is 4. The topological polar surface area (TPSA) is 228 Å². The van der Waals surface area contributed by atoms with Crippen LogP contribution in [0.4, 0.5) is 0 Å². The van der Waals surface area contributed by atoms with Gasteiger partial charge in [-0.25, -0.2) is 0 Å². The fourth-order valence-electron chi connectivity index (χ4n) is 10.1. The highest BCUT2D eigenvalue weighted by Crippen LogP contribution is 2.30. The first-order valence-electron chi connectivity index (χ1n) is 33.3. The van der Waals surface area contributed by atoms with E-state index < -0.39 is 86.8 Å². The zero-order valence-corrected chi connectivity index (χ0v) is 52.6. The monoisotopic (exact) mass is 1190 g/mol. The van der Waals surface area contributed by atoms with Gasteiger partial charge < -0.3 is 65.1 Å². The van der Waals surface area contributed by atoms with Crippen molar-refractivity contribution >= 4 is 5.91 Å². The zero-order chi connectivity index (χ0) is 61.6. The van der Waals surface area contributed by atoms with Crippen molar-refractivity contribution in [1.82, 2.24) is 5.32 Å². The molecule has 12 unspecified atom stereocenters. The zero-order valence-electron chi connectivity index (χ0n) is 52.6. The Morgan fingerprint density at radius 2 is 0.812 bits per heavy atom. The molecule has 12 atom stereocenters. The highest BCUT2D eigenvalue weighted by molar-refractivity contribution is 5.76. The van der Waals surface area contributed by atoms with Crippen LogP contribution in [-0.4, -0.2) is 140 Å². The van der Waals surface area contributed by atoms with Gasteiger partial charge in [-0.3, -0.25) is 4.79 Å². The molecule has 0 aromatic rings. The minimum Gasteiger partial charge on any atom is -0.394 e. The lowest BCUT2D eigenvalue weighted by molar-refractivity contribution is -0.359. The first-order chi connectivity index (χ1) is 41.6. The second kappa shape index (κ2) is 54.5. The van der Waals surface area contributed by atoms with Gasteiger partial charge >= 0.3 is 0 Å². The van der Waals surface area contributed by atoms with Crippen molar-refractivity contribution in [3.05, 3.63) is 122 Å². The lowest BCUT2D eigenvalue weighted by Gasteiger charge is -2.46. The van der Waals surface area contributed by atoms with Crippen LogP contribution in [0.25, 0.3) is 0 Å². The highest BCUT2D eigenvalue weighted by atomic mass is 16.7. The van der Waals surface area contributed by atoms with Crippen LogP contribution in [0.2, 0.25) is 0 Å². The Morgan fingerprint density at radius 3 is 1.22 bits per heavy atom. The maximum Gasteiger partial charge on any atom is 0.220 e. The van der Waals surface area contributed by atoms with E-state index in [0.717, 1.165) is 103 Å². The third-order valence-corrected chi connectivity index (χ3v) is 15.4. The van der Waals surface area contributed by atoms with Crippen LogP contribution in [0, 0.1) is 0 Å². The molecule has 0 aliphatic carbocycles. The molecule has 486 valence electrons. The molecular formula is C71H119NO13. The fourth-order valence-corrected chi connectivity index (χ4v) is 10.1. The summed E-state index contributed by atoms with van der Waals surface area (Å²) < 4.78 is 22.8. The van der Waals surface area contributed by atoms with Crippen molar-refractivity contribution in [2.45, 2.75) is 299 Å². The van der Waals surface area contributed by atoms with Crippen LogP contribution in [0.1, 0.15) is 226 Å². The average Bonchev–Trinajstić information content (AvgIpc) is 3.29. The number of nitrogens with one attached hydrogen (secondary N) is 1. The van der Waals surface area contributed by atoms with Gasteiger partial charge in [-0.05, 0) is 89.9 Å². The van der Waals surface area contributed by atoms with E-state index in [9.17, 15) is 45.6 Å². The number of hydrogen-bond acceptors (Lipinski definition) is 13. The van der Waals surface area contributed by atoms with E-state index in [1.807, 2.05) is 0 Å². The molecular weight excluding hydrogens is 1070 g/mol. The van der Waals surface area contributed by atoms with E-state index in [-0.39, 0.29) is 18.9 Å². The maximum atomic E-state index is 13.3. The summed E-state index contributed by atoms with van der Waals surface area (Å²) in [7, 11) is 0. The SMILES string of the molecule is CC/C=C\C/C=C\C/C=C\C/C=C\C/C=C\C/C=C\C/C=C\C/C=C\C/C=C\C/C=C\CCCCC(=O)NC(COC1OC(CO)C(OC2OC(CO)C(O)C(O)C2O)C(O)C1O)C(O)CCCCCCCCCCCCCCCCCCCC. The summed E-state index contributed by atoms with van der Waals surface area (Å²) in [6, 6.07) is -0.862. The average molecular weight is 1190 g/mol. The molecule has 2 aliphatic rings. The number of aliphatic hydroxyl groups excluding tert-OH is 8. The predicted octanol–water partition coefficient (Wildman–Crippen LogP) is 12.9. The highest BCUT2D eigenvalue weighted by Gasteiger charge is 2.51. The van der Waals surface area contributed by atoms with Gasteiger partial charge in [0.05, 0.1) is 32.0 Å². The lowest BCUT2D eigenvalue weighted by atomic mass is 9.97. The first kappa shape index (κ1) is 77.5. The number of allylic oxidation sites excluding steroid dienone is 20. The van der Waals surface area contributed by atoms with Crippen LogP contribution >= 0.6 is 0 Å². The molecule has 2 heterocycles. The van der Waals surface area contributed by atoms with Crippen LogP contribution in [0.5, 0.6) is 0 Å². The molecule has 14 heteroatoms. The number of carbonyl (C=O) groups excluding carboxylic acids is 1. The van der Waals surface area contributed by atoms with Gasteiger partial charge in [0.1, 0.15) is 48.8 Å². The number of unbranched alkanes of at least 4 members (excludes halogenated alkanes) is 19. The van der Waals surface area contributed by atoms with Crippen LogP contribution in [0.15, 0.2) is 122 Å². The van der Waals surface area contributed by atoms with Crippen molar-refractivity contribution < 1.29 is 64.6 Å². The molecule has 1 amide bonds. The molecule has 9 N–H and O–H groups in total. The number of carbonyl (C=O) groups is 1. The first-order valence-corrected chi connectivity index (χ1v) is 33.3. The summed E-state index contributed by atoms with van der Waals surface area (Å²) in [5.74, 6) is -0.253. The summed E-state index contributed by atoms with van der Waals surface area (Å²) in [6.45, 7) is 2.72. The van der Waals surface area contributed by atoms with Gasteiger partial charge in [-0.1, -0.05) is 251 Å². The fraction of sp³-hybridized carbons (Fsp3) is 0.704. The molecule has 0 bridgehead atoms. The predicted molar refractivity (Wildman–Crippen MR) is 345 cm³/mol. The molecule has 0 aromatic heterocycles. The molecule has 2 rings (SSSR count). The van der Waals surface area contributed by atoms with E-state index in [4.69, 9.17) is 18.9 Å².